The van der Waals surface area contributed by atoms with Crippen LogP contribution in [-0.2, 0) is 4.79 Å². The molecule has 18 heavy (non-hydrogen) atoms. The molecule has 3 nitrogen and oxygen atoms in total. The standard InChI is InChI=1S/C15H21NO2/c1-11-5-6-12(2)13(9-11)16-8-4-7-15(3,10-16)14(17)18/h5-6,9H,4,7-8,10H2,1-3H3,(H,17,18). The Hall–Kier alpha value is -1.51. The number of benzene rings is 1. The van der Waals surface area contributed by atoms with E-state index in [1.807, 2.05) is 6.92 Å². The summed E-state index contributed by atoms with van der Waals surface area (Å²) in [6.07, 6.45) is 1.71. The summed E-state index contributed by atoms with van der Waals surface area (Å²) < 4.78 is 0. The molecule has 1 aliphatic heterocycles. The van der Waals surface area contributed by atoms with E-state index in [1.165, 1.54) is 16.8 Å². The number of piperidine rings is 1. The van der Waals surface area contributed by atoms with Crippen molar-refractivity contribution in [3.63, 3.8) is 0 Å². The lowest BCUT2D eigenvalue weighted by Crippen LogP contribution is -2.46. The topological polar surface area (TPSA) is 40.5 Å². The number of aliphatic carboxylic acids is 1. The average Bonchev–Trinajstić information content (AvgIpc) is 2.32. The number of carbonyl (C=O) groups is 1. The van der Waals surface area contributed by atoms with Crippen LogP contribution >= 0.6 is 0 Å². The van der Waals surface area contributed by atoms with E-state index in [2.05, 4.69) is 36.9 Å². The van der Waals surface area contributed by atoms with Gasteiger partial charge in [-0.15, -0.1) is 0 Å². The molecule has 1 aromatic rings. The Balaban J connectivity index is 2.28. The summed E-state index contributed by atoms with van der Waals surface area (Å²) in [6, 6.07) is 6.36. The monoisotopic (exact) mass is 247 g/mol. The maximum Gasteiger partial charge on any atom is 0.311 e. The highest BCUT2D eigenvalue weighted by molar-refractivity contribution is 5.75. The number of carboxylic acid groups (broad SMARTS) is 1. The Bertz CT molecular complexity index is 470. The number of hydrogen-bond donors (Lipinski definition) is 1. The highest BCUT2D eigenvalue weighted by atomic mass is 16.4. The van der Waals surface area contributed by atoms with Gasteiger partial charge in [0, 0.05) is 18.8 Å². The smallest absolute Gasteiger partial charge is 0.311 e. The molecule has 1 saturated heterocycles. The molecule has 3 heteroatoms. The third-order valence-corrected chi connectivity index (χ3v) is 3.92. The third-order valence-electron chi connectivity index (χ3n) is 3.92. The minimum atomic E-state index is -0.683. The van der Waals surface area contributed by atoms with Crippen molar-refractivity contribution in [3.8, 4) is 0 Å². The second kappa shape index (κ2) is 4.63. The average molecular weight is 247 g/mol. The first-order valence-electron chi connectivity index (χ1n) is 6.48. The maximum absolute atomic E-state index is 11.4. The Labute approximate surface area is 108 Å². The second-order valence-electron chi connectivity index (χ2n) is 5.68. The van der Waals surface area contributed by atoms with Crippen molar-refractivity contribution < 1.29 is 9.90 Å². The molecular weight excluding hydrogens is 226 g/mol. The highest BCUT2D eigenvalue weighted by Crippen LogP contribution is 2.34. The van der Waals surface area contributed by atoms with Crippen molar-refractivity contribution in [1.29, 1.82) is 0 Å². The van der Waals surface area contributed by atoms with Gasteiger partial charge < -0.3 is 10.0 Å². The predicted molar refractivity (Wildman–Crippen MR) is 73.1 cm³/mol. The van der Waals surface area contributed by atoms with Gasteiger partial charge in [-0.05, 0) is 50.8 Å². The van der Waals surface area contributed by atoms with E-state index in [9.17, 15) is 9.90 Å². The van der Waals surface area contributed by atoms with Crippen molar-refractivity contribution in [2.24, 2.45) is 5.41 Å². The second-order valence-corrected chi connectivity index (χ2v) is 5.68. The number of hydrogen-bond acceptors (Lipinski definition) is 2. The number of carboxylic acids is 1. The predicted octanol–water partition coefficient (Wildman–Crippen LogP) is 2.99. The molecule has 0 saturated carbocycles. The zero-order valence-corrected chi connectivity index (χ0v) is 11.4. The summed E-state index contributed by atoms with van der Waals surface area (Å²) in [4.78, 5) is 13.6. The minimum absolute atomic E-state index is 0.604. The van der Waals surface area contributed by atoms with E-state index in [0.29, 0.717) is 6.54 Å². The van der Waals surface area contributed by atoms with Crippen LogP contribution in [0.1, 0.15) is 30.9 Å². The van der Waals surface area contributed by atoms with Crippen molar-refractivity contribution >= 4 is 11.7 Å². The van der Waals surface area contributed by atoms with E-state index in [4.69, 9.17) is 0 Å². The van der Waals surface area contributed by atoms with Gasteiger partial charge in [-0.3, -0.25) is 4.79 Å². The molecule has 1 atom stereocenters. The van der Waals surface area contributed by atoms with Gasteiger partial charge in [-0.25, -0.2) is 0 Å². The Morgan fingerprint density at radius 2 is 2.11 bits per heavy atom. The first-order valence-corrected chi connectivity index (χ1v) is 6.48. The van der Waals surface area contributed by atoms with Gasteiger partial charge >= 0.3 is 5.97 Å². The number of aryl methyl sites for hydroxylation is 2. The molecule has 2 rings (SSSR count). The summed E-state index contributed by atoms with van der Waals surface area (Å²) >= 11 is 0. The summed E-state index contributed by atoms with van der Waals surface area (Å²) in [5.41, 5.74) is 3.00. The molecule has 0 radical (unpaired) electrons. The molecule has 0 bridgehead atoms. The van der Waals surface area contributed by atoms with Gasteiger partial charge in [0.25, 0.3) is 0 Å². The van der Waals surface area contributed by atoms with E-state index in [0.717, 1.165) is 19.4 Å². The number of anilines is 1. The summed E-state index contributed by atoms with van der Waals surface area (Å²) in [5.74, 6) is -0.683. The van der Waals surface area contributed by atoms with Crippen molar-refractivity contribution in [2.75, 3.05) is 18.0 Å². The fraction of sp³-hybridized carbons (Fsp3) is 0.533. The molecule has 0 spiro atoms. The lowest BCUT2D eigenvalue weighted by Gasteiger charge is -2.39. The summed E-state index contributed by atoms with van der Waals surface area (Å²) in [7, 11) is 0. The fourth-order valence-corrected chi connectivity index (χ4v) is 2.68. The SMILES string of the molecule is Cc1ccc(C)c(N2CCCC(C)(C(=O)O)C2)c1. The van der Waals surface area contributed by atoms with Crippen LogP contribution in [0.25, 0.3) is 0 Å². The van der Waals surface area contributed by atoms with Gasteiger partial charge in [0.05, 0.1) is 5.41 Å². The largest absolute Gasteiger partial charge is 0.481 e. The lowest BCUT2D eigenvalue weighted by atomic mass is 9.81. The zero-order chi connectivity index (χ0) is 13.3. The van der Waals surface area contributed by atoms with Crippen molar-refractivity contribution in [1.82, 2.24) is 0 Å². The van der Waals surface area contributed by atoms with Gasteiger partial charge in [-0.2, -0.15) is 0 Å². The van der Waals surface area contributed by atoms with E-state index in [1.54, 1.807) is 0 Å². The number of rotatable bonds is 2. The molecule has 0 amide bonds. The molecule has 98 valence electrons. The van der Waals surface area contributed by atoms with E-state index in [-0.39, 0.29) is 0 Å². The molecule has 1 aromatic carbocycles. The van der Waals surface area contributed by atoms with Crippen LogP contribution in [0.15, 0.2) is 18.2 Å². The highest BCUT2D eigenvalue weighted by Gasteiger charge is 2.38. The van der Waals surface area contributed by atoms with Crippen LogP contribution in [0.3, 0.4) is 0 Å². The van der Waals surface area contributed by atoms with Crippen LogP contribution in [0.5, 0.6) is 0 Å². The zero-order valence-electron chi connectivity index (χ0n) is 11.4. The van der Waals surface area contributed by atoms with E-state index < -0.39 is 11.4 Å². The van der Waals surface area contributed by atoms with Crippen LogP contribution in [0.2, 0.25) is 0 Å². The lowest BCUT2D eigenvalue weighted by molar-refractivity contribution is -0.148. The first kappa shape index (κ1) is 12.9. The Morgan fingerprint density at radius 3 is 2.78 bits per heavy atom. The summed E-state index contributed by atoms with van der Waals surface area (Å²) in [6.45, 7) is 7.57. The Morgan fingerprint density at radius 1 is 1.39 bits per heavy atom. The van der Waals surface area contributed by atoms with Crippen molar-refractivity contribution in [3.05, 3.63) is 29.3 Å². The maximum atomic E-state index is 11.4. The van der Waals surface area contributed by atoms with Crippen LogP contribution < -0.4 is 4.90 Å². The quantitative estimate of drug-likeness (QED) is 0.873. The fourth-order valence-electron chi connectivity index (χ4n) is 2.68. The molecule has 0 aliphatic carbocycles. The third kappa shape index (κ3) is 2.35. The van der Waals surface area contributed by atoms with Crippen LogP contribution in [0.4, 0.5) is 5.69 Å². The molecule has 1 aliphatic rings. The van der Waals surface area contributed by atoms with E-state index >= 15 is 0 Å². The van der Waals surface area contributed by atoms with Gasteiger partial charge in [0.15, 0.2) is 0 Å². The molecule has 1 fully saturated rings. The van der Waals surface area contributed by atoms with Crippen molar-refractivity contribution in [2.45, 2.75) is 33.6 Å². The van der Waals surface area contributed by atoms with Crippen LogP contribution in [0, 0.1) is 19.3 Å². The Kier molecular flexibility index (Phi) is 3.33. The molecule has 1 N–H and O–H groups in total. The van der Waals surface area contributed by atoms with Crippen LogP contribution in [-0.4, -0.2) is 24.2 Å². The summed E-state index contributed by atoms with van der Waals surface area (Å²) in [5, 5.41) is 9.36. The van der Waals surface area contributed by atoms with Gasteiger partial charge in [0.2, 0.25) is 0 Å². The molecular formula is C15H21NO2. The normalized spacial score (nSPS) is 24.1. The minimum Gasteiger partial charge on any atom is -0.481 e. The van der Waals surface area contributed by atoms with Gasteiger partial charge in [-0.1, -0.05) is 12.1 Å². The number of nitrogens with zero attached hydrogens (tertiary/aromatic N) is 1. The first-order chi connectivity index (χ1) is 8.42. The molecule has 0 aromatic heterocycles. The van der Waals surface area contributed by atoms with Gasteiger partial charge in [0.1, 0.15) is 0 Å². The molecule has 1 heterocycles. The molecule has 1 unspecified atom stereocenters.